The first kappa shape index (κ1) is 12.8. The summed E-state index contributed by atoms with van der Waals surface area (Å²) in [6.07, 6.45) is 1.27. The second-order valence-corrected chi connectivity index (χ2v) is 5.03. The third kappa shape index (κ3) is 4.51. The van der Waals surface area contributed by atoms with Gasteiger partial charge in [0.25, 0.3) is 0 Å². The summed E-state index contributed by atoms with van der Waals surface area (Å²) in [6, 6.07) is 0.147. The molecule has 1 amide bonds. The fraction of sp³-hybridized carbons (Fsp3) is 0.818. The number of nitrogens with zero attached hydrogens (tertiary/aromatic N) is 1. The lowest BCUT2D eigenvalue weighted by Crippen LogP contribution is -2.40. The molecule has 0 N–H and O–H groups in total. The van der Waals surface area contributed by atoms with Crippen LogP contribution in [0.15, 0.2) is 0 Å². The Morgan fingerprint density at radius 3 is 2.31 bits per heavy atom. The lowest BCUT2D eigenvalue weighted by Gasteiger charge is -2.27. The molecule has 1 fully saturated rings. The molecule has 0 aliphatic heterocycles. The molecule has 0 radical (unpaired) electrons. The van der Waals surface area contributed by atoms with E-state index in [9.17, 15) is 14.7 Å². The fourth-order valence-corrected chi connectivity index (χ4v) is 1.34. The summed E-state index contributed by atoms with van der Waals surface area (Å²) in [5, 5.41) is 10.4. The van der Waals surface area contributed by atoms with E-state index in [0.29, 0.717) is 0 Å². The Morgan fingerprint density at radius 2 is 1.94 bits per heavy atom. The monoisotopic (exact) mass is 228 g/mol. The van der Waals surface area contributed by atoms with Crippen LogP contribution in [0.25, 0.3) is 0 Å². The van der Waals surface area contributed by atoms with E-state index in [1.807, 2.05) is 0 Å². The molecule has 0 saturated heterocycles. The van der Waals surface area contributed by atoms with E-state index in [1.54, 1.807) is 20.8 Å². The Labute approximate surface area is 95.4 Å². The van der Waals surface area contributed by atoms with Crippen molar-refractivity contribution in [2.24, 2.45) is 0 Å². The van der Waals surface area contributed by atoms with Crippen LogP contribution in [0.2, 0.25) is 0 Å². The van der Waals surface area contributed by atoms with Crippen molar-refractivity contribution in [3.05, 3.63) is 0 Å². The second-order valence-electron chi connectivity index (χ2n) is 5.03. The van der Waals surface area contributed by atoms with Crippen LogP contribution < -0.4 is 5.11 Å². The van der Waals surface area contributed by atoms with Gasteiger partial charge >= 0.3 is 6.09 Å². The molecule has 0 unspecified atom stereocenters. The lowest BCUT2D eigenvalue weighted by atomic mass is 10.2. The predicted molar refractivity (Wildman–Crippen MR) is 55.6 cm³/mol. The topological polar surface area (TPSA) is 69.7 Å². The first-order chi connectivity index (χ1) is 7.29. The number of hydrogen-bond donors (Lipinski definition) is 0. The molecule has 0 aromatic heterocycles. The van der Waals surface area contributed by atoms with Crippen LogP contribution in [0.4, 0.5) is 4.79 Å². The minimum atomic E-state index is -1.14. The minimum Gasteiger partial charge on any atom is -0.550 e. The largest absolute Gasteiger partial charge is 0.550 e. The van der Waals surface area contributed by atoms with E-state index in [2.05, 4.69) is 0 Å². The van der Waals surface area contributed by atoms with Crippen LogP contribution in [0.3, 0.4) is 0 Å². The summed E-state index contributed by atoms with van der Waals surface area (Å²) >= 11 is 0. The molecule has 5 heteroatoms. The summed E-state index contributed by atoms with van der Waals surface area (Å²) in [6.45, 7) is 5.53. The van der Waals surface area contributed by atoms with E-state index < -0.39 is 17.7 Å². The SMILES string of the molecule is CC(C)(C)OC(=O)N(CCC(=O)[O-])C1CC1. The summed E-state index contributed by atoms with van der Waals surface area (Å²) in [4.78, 5) is 23.6. The molecular formula is C11H18NO4-. The van der Waals surface area contributed by atoms with Gasteiger partial charge in [0.1, 0.15) is 5.60 Å². The molecule has 0 atom stereocenters. The lowest BCUT2D eigenvalue weighted by molar-refractivity contribution is -0.305. The first-order valence-corrected chi connectivity index (χ1v) is 5.49. The number of ether oxygens (including phenoxy) is 1. The van der Waals surface area contributed by atoms with Crippen molar-refractivity contribution in [1.82, 2.24) is 4.90 Å². The molecule has 1 rings (SSSR count). The van der Waals surface area contributed by atoms with Gasteiger partial charge in [-0.05, 0) is 33.6 Å². The number of hydrogen-bond acceptors (Lipinski definition) is 4. The molecule has 1 saturated carbocycles. The van der Waals surface area contributed by atoms with Crippen LogP contribution in [0, 0.1) is 0 Å². The Hall–Kier alpha value is -1.26. The molecule has 0 heterocycles. The highest BCUT2D eigenvalue weighted by Crippen LogP contribution is 2.28. The van der Waals surface area contributed by atoms with E-state index in [-0.39, 0.29) is 19.0 Å². The number of aliphatic carboxylic acids is 1. The van der Waals surface area contributed by atoms with E-state index in [4.69, 9.17) is 4.74 Å². The molecule has 0 aromatic rings. The summed E-state index contributed by atoms with van der Waals surface area (Å²) < 4.78 is 5.21. The average molecular weight is 228 g/mol. The van der Waals surface area contributed by atoms with Gasteiger partial charge in [0.15, 0.2) is 0 Å². The van der Waals surface area contributed by atoms with Crippen molar-refractivity contribution in [3.63, 3.8) is 0 Å². The highest BCUT2D eigenvalue weighted by molar-refractivity contribution is 5.70. The van der Waals surface area contributed by atoms with Crippen molar-refractivity contribution < 1.29 is 19.4 Å². The summed E-state index contributed by atoms with van der Waals surface area (Å²) in [5.41, 5.74) is -0.550. The van der Waals surface area contributed by atoms with E-state index >= 15 is 0 Å². The smallest absolute Gasteiger partial charge is 0.410 e. The third-order valence-electron chi connectivity index (χ3n) is 2.17. The average Bonchev–Trinajstić information content (AvgIpc) is 2.84. The Morgan fingerprint density at radius 1 is 1.38 bits per heavy atom. The zero-order valence-corrected chi connectivity index (χ0v) is 9.99. The molecule has 0 spiro atoms. The van der Waals surface area contributed by atoms with Gasteiger partial charge in [0, 0.05) is 25.0 Å². The maximum Gasteiger partial charge on any atom is 0.410 e. The maximum atomic E-state index is 11.7. The number of carbonyl (C=O) groups is 2. The molecule has 1 aliphatic carbocycles. The van der Waals surface area contributed by atoms with Gasteiger partial charge in [-0.3, -0.25) is 0 Å². The fourth-order valence-electron chi connectivity index (χ4n) is 1.34. The van der Waals surface area contributed by atoms with Gasteiger partial charge in [0.2, 0.25) is 0 Å². The van der Waals surface area contributed by atoms with Crippen molar-refractivity contribution >= 4 is 12.1 Å². The number of carboxylic acid groups (broad SMARTS) is 1. The van der Waals surface area contributed by atoms with Gasteiger partial charge in [-0.25, -0.2) is 4.79 Å². The number of amides is 1. The van der Waals surface area contributed by atoms with Crippen molar-refractivity contribution in [3.8, 4) is 0 Å². The van der Waals surface area contributed by atoms with Gasteiger partial charge in [-0.1, -0.05) is 0 Å². The maximum absolute atomic E-state index is 11.7. The van der Waals surface area contributed by atoms with Gasteiger partial charge in [0.05, 0.1) is 0 Å². The second kappa shape index (κ2) is 4.72. The van der Waals surface area contributed by atoms with Gasteiger partial charge in [-0.15, -0.1) is 0 Å². The quantitative estimate of drug-likeness (QED) is 0.703. The zero-order valence-electron chi connectivity index (χ0n) is 9.99. The predicted octanol–water partition coefficient (Wildman–Crippen LogP) is 0.526. The van der Waals surface area contributed by atoms with Gasteiger partial charge < -0.3 is 19.5 Å². The molecule has 1 aliphatic rings. The first-order valence-electron chi connectivity index (χ1n) is 5.49. The molecular weight excluding hydrogens is 210 g/mol. The zero-order chi connectivity index (χ0) is 12.3. The Bertz CT molecular complexity index is 278. The van der Waals surface area contributed by atoms with Crippen LogP contribution in [-0.4, -0.2) is 35.2 Å². The molecule has 92 valence electrons. The van der Waals surface area contributed by atoms with E-state index in [1.165, 1.54) is 4.90 Å². The van der Waals surface area contributed by atoms with Crippen LogP contribution >= 0.6 is 0 Å². The van der Waals surface area contributed by atoms with Crippen LogP contribution in [0.1, 0.15) is 40.0 Å². The van der Waals surface area contributed by atoms with Crippen molar-refractivity contribution in [2.75, 3.05) is 6.54 Å². The van der Waals surface area contributed by atoms with Gasteiger partial charge in [-0.2, -0.15) is 0 Å². The number of carboxylic acids is 1. The Balaban J connectivity index is 2.49. The number of rotatable bonds is 4. The van der Waals surface area contributed by atoms with Crippen LogP contribution in [0.5, 0.6) is 0 Å². The molecule has 16 heavy (non-hydrogen) atoms. The molecule has 5 nitrogen and oxygen atoms in total. The van der Waals surface area contributed by atoms with Crippen molar-refractivity contribution in [1.29, 1.82) is 0 Å². The molecule has 0 aromatic carbocycles. The highest BCUT2D eigenvalue weighted by Gasteiger charge is 2.34. The normalized spacial score (nSPS) is 15.7. The third-order valence-corrected chi connectivity index (χ3v) is 2.17. The minimum absolute atomic E-state index is 0.143. The van der Waals surface area contributed by atoms with Crippen LogP contribution in [-0.2, 0) is 9.53 Å². The molecule has 0 bridgehead atoms. The Kier molecular flexibility index (Phi) is 3.78. The summed E-state index contributed by atoms with van der Waals surface area (Å²) in [7, 11) is 0. The highest BCUT2D eigenvalue weighted by atomic mass is 16.6. The standard InChI is InChI=1S/C11H19NO4/c1-11(2,3)16-10(15)12(8-4-5-8)7-6-9(13)14/h8H,4-7H2,1-3H3,(H,13,14)/p-1. The number of carbonyl (C=O) groups excluding carboxylic acids is 2. The van der Waals surface area contributed by atoms with E-state index in [0.717, 1.165) is 12.8 Å². The van der Waals surface area contributed by atoms with Crippen molar-refractivity contribution in [2.45, 2.75) is 51.7 Å². The summed E-state index contributed by atoms with van der Waals surface area (Å²) in [5.74, 6) is -1.14.